The molecule has 0 radical (unpaired) electrons. The molecule has 0 aliphatic rings. The minimum absolute atomic E-state index is 0.205. The predicted octanol–water partition coefficient (Wildman–Crippen LogP) is 0.298. The Morgan fingerprint density at radius 1 is 1.20 bits per heavy atom. The molecule has 0 aromatic heterocycles. The molecule has 0 aromatic carbocycles. The zero-order valence-electron chi connectivity index (χ0n) is 10.2. The number of rotatable bonds is 9. The SMILES string of the molecule is COCO[Si@](C)(OCO[SiH](C)C)O[SiH2]C. The quantitative estimate of drug-likeness (QED) is 0.445. The summed E-state index contributed by atoms with van der Waals surface area (Å²) in [4.78, 5) is 0. The van der Waals surface area contributed by atoms with Crippen molar-refractivity contribution in [1.29, 1.82) is 0 Å². The van der Waals surface area contributed by atoms with Gasteiger partial charge in [0, 0.05) is 13.7 Å². The van der Waals surface area contributed by atoms with E-state index >= 15 is 0 Å². The molecular formula is C7H22O5Si3. The van der Waals surface area contributed by atoms with E-state index in [0.29, 0.717) is 0 Å². The van der Waals surface area contributed by atoms with E-state index in [0.717, 1.165) is 0 Å². The summed E-state index contributed by atoms with van der Waals surface area (Å²) in [5.74, 6) is 0. The Hall–Kier alpha value is 0.451. The van der Waals surface area contributed by atoms with E-state index in [2.05, 4.69) is 13.1 Å². The lowest BCUT2D eigenvalue weighted by Crippen LogP contribution is -2.44. The molecule has 0 spiro atoms. The van der Waals surface area contributed by atoms with E-state index in [4.69, 9.17) is 22.1 Å². The second-order valence-corrected chi connectivity index (χ2v) is 9.79. The maximum Gasteiger partial charge on any atom is 0.490 e. The van der Waals surface area contributed by atoms with E-state index < -0.39 is 27.6 Å². The van der Waals surface area contributed by atoms with Gasteiger partial charge in [-0.2, -0.15) is 0 Å². The van der Waals surface area contributed by atoms with Crippen LogP contribution in [0.15, 0.2) is 0 Å². The molecule has 8 heteroatoms. The molecule has 15 heavy (non-hydrogen) atoms. The third kappa shape index (κ3) is 8.28. The average Bonchev–Trinajstić information content (AvgIpc) is 2.15. The van der Waals surface area contributed by atoms with Crippen LogP contribution in [0.5, 0.6) is 0 Å². The highest BCUT2D eigenvalue weighted by molar-refractivity contribution is 6.64. The first kappa shape index (κ1) is 15.5. The fourth-order valence-electron chi connectivity index (χ4n) is 0.830. The Bertz CT molecular complexity index is 160. The average molecular weight is 271 g/mol. The molecule has 0 saturated heterocycles. The number of ether oxygens (including phenoxy) is 1. The maximum atomic E-state index is 5.60. The first-order chi connectivity index (χ1) is 7.04. The van der Waals surface area contributed by atoms with Gasteiger partial charge in [-0.15, -0.1) is 0 Å². The van der Waals surface area contributed by atoms with Crippen molar-refractivity contribution < 1.29 is 22.1 Å². The monoisotopic (exact) mass is 270 g/mol. The first-order valence-corrected chi connectivity index (χ1v) is 12.1. The standard InChI is InChI=1S/C7H22O5Si3/c1-8-6-10-15(5,12-13-2)11-7-9-14(3)4/h14H,6-7,13H2,1-5H3/t15-/m1/s1. The molecular weight excluding hydrogens is 248 g/mol. The van der Waals surface area contributed by atoms with E-state index in [1.165, 1.54) is 0 Å². The van der Waals surface area contributed by atoms with E-state index in [9.17, 15) is 0 Å². The summed E-state index contributed by atoms with van der Waals surface area (Å²) in [5, 5.41) is 0. The van der Waals surface area contributed by atoms with E-state index in [1.54, 1.807) is 7.11 Å². The molecule has 1 atom stereocenters. The molecule has 0 saturated carbocycles. The van der Waals surface area contributed by atoms with Gasteiger partial charge in [0.15, 0.2) is 9.04 Å². The first-order valence-electron chi connectivity index (χ1n) is 5.06. The molecule has 5 nitrogen and oxygen atoms in total. The fourth-order valence-corrected chi connectivity index (χ4v) is 4.77. The highest BCUT2D eigenvalue weighted by atomic mass is 28.4. The molecule has 0 bridgehead atoms. The van der Waals surface area contributed by atoms with Gasteiger partial charge in [0.25, 0.3) is 0 Å². The molecule has 0 N–H and O–H groups in total. The lowest BCUT2D eigenvalue weighted by atomic mass is 11.4. The molecule has 0 aromatic rings. The summed E-state index contributed by atoms with van der Waals surface area (Å²) in [6.07, 6.45) is 0. The van der Waals surface area contributed by atoms with Crippen LogP contribution in [0, 0.1) is 0 Å². The van der Waals surface area contributed by atoms with Gasteiger partial charge in [0.05, 0.1) is 0 Å². The number of hydrogen-bond donors (Lipinski definition) is 0. The van der Waals surface area contributed by atoms with Gasteiger partial charge in [-0.05, 0) is 13.1 Å². The molecule has 0 heterocycles. The minimum Gasteiger partial charge on any atom is -0.422 e. The van der Waals surface area contributed by atoms with Gasteiger partial charge in [0.1, 0.15) is 23.3 Å². The zero-order chi connectivity index (χ0) is 11.7. The van der Waals surface area contributed by atoms with Crippen molar-refractivity contribution in [3.63, 3.8) is 0 Å². The van der Waals surface area contributed by atoms with Crippen LogP contribution in [-0.4, -0.2) is 48.3 Å². The number of methoxy groups -OCH3 is 1. The molecule has 0 fully saturated rings. The molecule has 0 aliphatic carbocycles. The molecule has 0 unspecified atom stereocenters. The van der Waals surface area contributed by atoms with Crippen molar-refractivity contribution in [2.45, 2.75) is 26.2 Å². The largest absolute Gasteiger partial charge is 0.490 e. The van der Waals surface area contributed by atoms with E-state index in [1.807, 2.05) is 13.1 Å². The molecule has 0 rings (SSSR count). The van der Waals surface area contributed by atoms with Crippen molar-refractivity contribution >= 4 is 27.6 Å². The van der Waals surface area contributed by atoms with Gasteiger partial charge in [-0.25, -0.2) is 0 Å². The molecule has 0 aliphatic heterocycles. The van der Waals surface area contributed by atoms with Crippen LogP contribution in [0.4, 0.5) is 0 Å². The zero-order valence-corrected chi connectivity index (χ0v) is 13.8. The van der Waals surface area contributed by atoms with Gasteiger partial charge in [0.2, 0.25) is 0 Å². The highest BCUT2D eigenvalue weighted by Crippen LogP contribution is 2.08. The van der Waals surface area contributed by atoms with Crippen LogP contribution in [-0.2, 0) is 22.1 Å². The third-order valence-corrected chi connectivity index (χ3v) is 6.91. The van der Waals surface area contributed by atoms with Crippen molar-refractivity contribution in [2.75, 3.05) is 20.7 Å². The highest BCUT2D eigenvalue weighted by Gasteiger charge is 2.34. The van der Waals surface area contributed by atoms with Crippen molar-refractivity contribution in [2.24, 2.45) is 0 Å². The summed E-state index contributed by atoms with van der Waals surface area (Å²) in [5.41, 5.74) is 0. The molecule has 92 valence electrons. The second-order valence-electron chi connectivity index (χ2n) is 3.32. The minimum atomic E-state index is -2.50. The van der Waals surface area contributed by atoms with E-state index in [-0.39, 0.29) is 13.6 Å². The Labute approximate surface area is 97.0 Å². The summed E-state index contributed by atoms with van der Waals surface area (Å²) in [6, 6.07) is 0. The number of hydrogen-bond acceptors (Lipinski definition) is 5. The second kappa shape index (κ2) is 8.59. The Kier molecular flexibility index (Phi) is 8.84. The summed E-state index contributed by atoms with van der Waals surface area (Å²) >= 11 is 0. The predicted molar refractivity (Wildman–Crippen MR) is 66.0 cm³/mol. The Morgan fingerprint density at radius 3 is 2.27 bits per heavy atom. The molecule has 0 amide bonds. The lowest BCUT2D eigenvalue weighted by Gasteiger charge is -2.26. The van der Waals surface area contributed by atoms with Gasteiger partial charge >= 0.3 is 8.80 Å². The summed E-state index contributed by atoms with van der Waals surface area (Å²) in [6.45, 7) is 8.57. The fraction of sp³-hybridized carbons (Fsp3) is 1.00. The van der Waals surface area contributed by atoms with Crippen molar-refractivity contribution in [3.8, 4) is 0 Å². The Morgan fingerprint density at radius 2 is 1.80 bits per heavy atom. The van der Waals surface area contributed by atoms with Crippen molar-refractivity contribution in [3.05, 3.63) is 0 Å². The topological polar surface area (TPSA) is 46.2 Å². The normalized spacial score (nSPS) is 16.4. The summed E-state index contributed by atoms with van der Waals surface area (Å²) in [7, 11) is -2.52. The van der Waals surface area contributed by atoms with Gasteiger partial charge in [-0.1, -0.05) is 6.55 Å². The van der Waals surface area contributed by atoms with Gasteiger partial charge in [-0.3, -0.25) is 0 Å². The maximum absolute atomic E-state index is 5.60. The summed E-state index contributed by atoms with van der Waals surface area (Å²) < 4.78 is 26.9. The van der Waals surface area contributed by atoms with Crippen LogP contribution < -0.4 is 0 Å². The Balaban J connectivity index is 3.89. The third-order valence-electron chi connectivity index (χ3n) is 1.57. The van der Waals surface area contributed by atoms with Crippen LogP contribution in [0.3, 0.4) is 0 Å². The van der Waals surface area contributed by atoms with Crippen LogP contribution in [0.2, 0.25) is 26.2 Å². The van der Waals surface area contributed by atoms with Gasteiger partial charge < -0.3 is 22.1 Å². The van der Waals surface area contributed by atoms with Crippen LogP contribution in [0.25, 0.3) is 0 Å². The van der Waals surface area contributed by atoms with Crippen LogP contribution in [0.1, 0.15) is 0 Å². The van der Waals surface area contributed by atoms with Crippen LogP contribution >= 0.6 is 0 Å². The smallest absolute Gasteiger partial charge is 0.422 e. The lowest BCUT2D eigenvalue weighted by molar-refractivity contribution is -0.0236. The van der Waals surface area contributed by atoms with Crippen molar-refractivity contribution in [1.82, 2.24) is 0 Å².